The molecule has 4 heteroatoms. The molecule has 0 atom stereocenters. The third kappa shape index (κ3) is 4.31. The zero-order chi connectivity index (χ0) is 16.8. The molecule has 0 saturated heterocycles. The van der Waals surface area contributed by atoms with Crippen molar-refractivity contribution in [3.63, 3.8) is 0 Å². The maximum absolute atomic E-state index is 11.8. The Kier molecular flexibility index (Phi) is 5.04. The van der Waals surface area contributed by atoms with Crippen molar-refractivity contribution in [2.75, 3.05) is 0 Å². The fourth-order valence-corrected chi connectivity index (χ4v) is 2.19. The van der Waals surface area contributed by atoms with E-state index in [4.69, 9.17) is 16.3 Å². The Morgan fingerprint density at radius 2 is 1.58 bits per heavy atom. The van der Waals surface area contributed by atoms with Crippen molar-refractivity contribution < 1.29 is 9.53 Å². The molecule has 2 aromatic carbocycles. The van der Waals surface area contributed by atoms with E-state index in [1.165, 1.54) is 0 Å². The van der Waals surface area contributed by atoms with Gasteiger partial charge in [0.05, 0.1) is 0 Å². The number of esters is 1. The Bertz CT molecular complexity index is 847. The predicted octanol–water partition coefficient (Wildman–Crippen LogP) is 4.91. The van der Waals surface area contributed by atoms with Gasteiger partial charge in [-0.1, -0.05) is 66.2 Å². The molecule has 1 aliphatic rings. The summed E-state index contributed by atoms with van der Waals surface area (Å²) < 4.78 is 5.12. The van der Waals surface area contributed by atoms with Crippen LogP contribution in [0.2, 0.25) is 5.02 Å². The molecular formula is C20H14ClNO2. The number of halogens is 1. The lowest BCUT2D eigenvalue weighted by molar-refractivity contribution is -0.129. The molecule has 0 aliphatic carbocycles. The first-order valence-electron chi connectivity index (χ1n) is 7.39. The minimum atomic E-state index is -0.455. The molecule has 0 aromatic heterocycles. The highest BCUT2D eigenvalue weighted by atomic mass is 35.5. The van der Waals surface area contributed by atoms with Gasteiger partial charge in [-0.15, -0.1) is 0 Å². The summed E-state index contributed by atoms with van der Waals surface area (Å²) in [6.45, 7) is 0. The number of carbonyl (C=O) groups excluding carboxylic acids is 1. The SMILES string of the molecule is O=C1OC(/C=C/c2ccc(Cl)cc2)=NC/1=C\C=C\c1ccccc1. The number of cyclic esters (lactones) is 1. The van der Waals surface area contributed by atoms with E-state index in [0.717, 1.165) is 11.1 Å². The van der Waals surface area contributed by atoms with Crippen LogP contribution in [-0.2, 0) is 9.53 Å². The molecule has 0 N–H and O–H groups in total. The van der Waals surface area contributed by atoms with Crippen LogP contribution in [0.1, 0.15) is 11.1 Å². The fourth-order valence-electron chi connectivity index (χ4n) is 2.07. The second-order valence-electron chi connectivity index (χ2n) is 5.05. The van der Waals surface area contributed by atoms with E-state index in [2.05, 4.69) is 4.99 Å². The molecule has 24 heavy (non-hydrogen) atoms. The van der Waals surface area contributed by atoms with Gasteiger partial charge in [-0.25, -0.2) is 9.79 Å². The van der Waals surface area contributed by atoms with Crippen molar-refractivity contribution in [3.05, 3.63) is 94.7 Å². The molecule has 0 spiro atoms. The molecule has 3 rings (SSSR count). The molecule has 0 fully saturated rings. The Morgan fingerprint density at radius 3 is 2.33 bits per heavy atom. The summed E-state index contributed by atoms with van der Waals surface area (Å²) in [4.78, 5) is 16.0. The molecule has 1 heterocycles. The van der Waals surface area contributed by atoms with Crippen LogP contribution in [0.5, 0.6) is 0 Å². The Balaban J connectivity index is 1.69. The summed E-state index contributed by atoms with van der Waals surface area (Å²) in [5, 5.41) is 0.673. The second-order valence-corrected chi connectivity index (χ2v) is 5.48. The van der Waals surface area contributed by atoms with Gasteiger partial charge in [0, 0.05) is 11.1 Å². The highest BCUT2D eigenvalue weighted by Crippen LogP contribution is 2.15. The molecule has 3 nitrogen and oxygen atoms in total. The number of nitrogens with zero attached hydrogens (tertiary/aromatic N) is 1. The summed E-state index contributed by atoms with van der Waals surface area (Å²) in [7, 11) is 0. The monoisotopic (exact) mass is 335 g/mol. The largest absolute Gasteiger partial charge is 0.403 e. The predicted molar refractivity (Wildman–Crippen MR) is 97.6 cm³/mol. The van der Waals surface area contributed by atoms with E-state index >= 15 is 0 Å². The molecule has 0 amide bonds. The molecule has 0 saturated carbocycles. The van der Waals surface area contributed by atoms with Gasteiger partial charge in [0.2, 0.25) is 5.90 Å². The van der Waals surface area contributed by atoms with E-state index in [0.29, 0.717) is 5.02 Å². The summed E-state index contributed by atoms with van der Waals surface area (Å²) in [5.74, 6) is -0.183. The van der Waals surface area contributed by atoms with Gasteiger partial charge < -0.3 is 4.74 Å². The lowest BCUT2D eigenvalue weighted by Gasteiger charge is -1.93. The summed E-state index contributed by atoms with van der Waals surface area (Å²) in [6.07, 6.45) is 8.78. The first-order chi connectivity index (χ1) is 11.7. The zero-order valence-electron chi connectivity index (χ0n) is 12.7. The third-order valence-corrected chi connectivity index (χ3v) is 3.52. The van der Waals surface area contributed by atoms with Crippen LogP contribution in [0.25, 0.3) is 12.2 Å². The van der Waals surface area contributed by atoms with E-state index in [1.54, 1.807) is 30.4 Å². The van der Waals surface area contributed by atoms with Gasteiger partial charge in [-0.05, 0) is 35.4 Å². The summed E-state index contributed by atoms with van der Waals surface area (Å²) in [6, 6.07) is 17.1. The maximum Gasteiger partial charge on any atom is 0.363 e. The number of ether oxygens (including phenoxy) is 1. The normalized spacial score (nSPS) is 16.1. The first-order valence-corrected chi connectivity index (χ1v) is 7.76. The second kappa shape index (κ2) is 7.57. The highest BCUT2D eigenvalue weighted by Gasteiger charge is 2.20. The Morgan fingerprint density at radius 1 is 0.875 bits per heavy atom. The lowest BCUT2D eigenvalue weighted by atomic mass is 10.2. The van der Waals surface area contributed by atoms with E-state index in [9.17, 15) is 4.79 Å². The Hall–Kier alpha value is -2.91. The quantitative estimate of drug-likeness (QED) is 0.588. The van der Waals surface area contributed by atoms with Crippen molar-refractivity contribution in [3.8, 4) is 0 Å². The number of rotatable bonds is 4. The van der Waals surface area contributed by atoms with E-state index in [-0.39, 0.29) is 11.6 Å². The smallest absolute Gasteiger partial charge is 0.363 e. The highest BCUT2D eigenvalue weighted by molar-refractivity contribution is 6.30. The topological polar surface area (TPSA) is 38.7 Å². The molecule has 0 unspecified atom stereocenters. The van der Waals surface area contributed by atoms with Crippen molar-refractivity contribution in [2.24, 2.45) is 4.99 Å². The average Bonchev–Trinajstić information content (AvgIpc) is 2.95. The van der Waals surface area contributed by atoms with Gasteiger partial charge in [0.25, 0.3) is 0 Å². The van der Waals surface area contributed by atoms with E-state index < -0.39 is 5.97 Å². The van der Waals surface area contributed by atoms with Gasteiger partial charge in [0.1, 0.15) is 0 Å². The maximum atomic E-state index is 11.8. The van der Waals surface area contributed by atoms with Crippen molar-refractivity contribution in [1.82, 2.24) is 0 Å². The molecule has 2 aromatic rings. The number of hydrogen-bond donors (Lipinski definition) is 0. The minimum absolute atomic E-state index is 0.273. The van der Waals surface area contributed by atoms with Crippen LogP contribution in [0.3, 0.4) is 0 Å². The molecular weight excluding hydrogens is 322 g/mol. The van der Waals surface area contributed by atoms with Crippen LogP contribution in [-0.4, -0.2) is 11.9 Å². The van der Waals surface area contributed by atoms with Gasteiger partial charge >= 0.3 is 5.97 Å². The van der Waals surface area contributed by atoms with Gasteiger partial charge in [0.15, 0.2) is 5.70 Å². The lowest BCUT2D eigenvalue weighted by Crippen LogP contribution is -2.00. The van der Waals surface area contributed by atoms with Gasteiger partial charge in [-0.2, -0.15) is 0 Å². The standard InChI is InChI=1S/C20H14ClNO2/c21-17-12-9-16(10-13-17)11-14-19-22-18(20(23)24-19)8-4-7-15-5-2-1-3-6-15/h1-14H/b7-4+,14-11+,18-8-. The summed E-state index contributed by atoms with van der Waals surface area (Å²) >= 11 is 5.84. The van der Waals surface area contributed by atoms with Crippen LogP contribution >= 0.6 is 11.6 Å². The van der Waals surface area contributed by atoms with Crippen LogP contribution in [0.4, 0.5) is 0 Å². The molecule has 0 bridgehead atoms. The van der Waals surface area contributed by atoms with Crippen LogP contribution in [0, 0.1) is 0 Å². The van der Waals surface area contributed by atoms with Crippen molar-refractivity contribution >= 4 is 35.6 Å². The number of aliphatic imine (C=N–C) groups is 1. The van der Waals surface area contributed by atoms with Crippen molar-refractivity contribution in [1.29, 1.82) is 0 Å². The van der Waals surface area contributed by atoms with E-state index in [1.807, 2.05) is 54.6 Å². The molecule has 0 radical (unpaired) electrons. The van der Waals surface area contributed by atoms with Crippen LogP contribution < -0.4 is 0 Å². The molecule has 1 aliphatic heterocycles. The van der Waals surface area contributed by atoms with Gasteiger partial charge in [-0.3, -0.25) is 0 Å². The number of carbonyl (C=O) groups is 1. The first kappa shape index (κ1) is 16.0. The minimum Gasteiger partial charge on any atom is -0.403 e. The fraction of sp³-hybridized carbons (Fsp3) is 0. The summed E-state index contributed by atoms with van der Waals surface area (Å²) in [5.41, 5.74) is 2.27. The third-order valence-electron chi connectivity index (χ3n) is 3.27. The number of allylic oxidation sites excluding steroid dienone is 2. The zero-order valence-corrected chi connectivity index (χ0v) is 13.5. The average molecular weight is 336 g/mol. The molecule has 118 valence electrons. The van der Waals surface area contributed by atoms with Crippen LogP contribution in [0.15, 0.2) is 83.5 Å². The number of benzene rings is 2. The number of hydrogen-bond acceptors (Lipinski definition) is 3. The van der Waals surface area contributed by atoms with Crippen molar-refractivity contribution in [2.45, 2.75) is 0 Å². The Labute approximate surface area is 145 Å².